The molecule has 1 N–H and O–H groups in total. The van der Waals surface area contributed by atoms with E-state index in [9.17, 15) is 18.0 Å². The number of anilines is 1. The summed E-state index contributed by atoms with van der Waals surface area (Å²) in [5, 5.41) is 3.43. The van der Waals surface area contributed by atoms with Crippen LogP contribution in [0.3, 0.4) is 0 Å². The summed E-state index contributed by atoms with van der Waals surface area (Å²) >= 11 is 6.26. The van der Waals surface area contributed by atoms with Gasteiger partial charge < -0.3 is 10.2 Å². The fraction of sp³-hybridized carbons (Fsp3) is 0.355. The lowest BCUT2D eigenvalue weighted by Gasteiger charge is -2.35. The van der Waals surface area contributed by atoms with Crippen molar-refractivity contribution in [2.75, 3.05) is 31.5 Å². The van der Waals surface area contributed by atoms with Crippen LogP contribution in [0, 0.1) is 13.8 Å². The molecule has 3 rings (SSSR count). The number of hydrogen-bond acceptors (Lipinski definition) is 4. The molecule has 0 bridgehead atoms. The first kappa shape index (κ1) is 32.1. The molecule has 0 saturated carbocycles. The van der Waals surface area contributed by atoms with E-state index < -0.39 is 28.7 Å². The van der Waals surface area contributed by atoms with Crippen molar-refractivity contribution >= 4 is 39.3 Å². The Morgan fingerprint density at radius 3 is 2.24 bits per heavy atom. The minimum absolute atomic E-state index is 0.0685. The Labute approximate surface area is 249 Å². The molecule has 3 aromatic carbocycles. The highest BCUT2D eigenvalue weighted by Crippen LogP contribution is 2.26. The number of amides is 2. The Balaban J connectivity index is 2.12. The molecule has 0 aromatic heterocycles. The van der Waals surface area contributed by atoms with Crippen LogP contribution in [0.15, 0.2) is 72.8 Å². The van der Waals surface area contributed by atoms with Gasteiger partial charge in [0.25, 0.3) is 0 Å². The number of nitrogens with zero attached hydrogens (tertiary/aromatic N) is 3. The first-order chi connectivity index (χ1) is 19.4. The third kappa shape index (κ3) is 8.55. The summed E-state index contributed by atoms with van der Waals surface area (Å²) in [7, 11) is -1.20. The molecule has 0 radical (unpaired) electrons. The lowest BCUT2D eigenvalue weighted by atomic mass is 10.0. The van der Waals surface area contributed by atoms with Gasteiger partial charge in [0.1, 0.15) is 12.6 Å². The zero-order chi connectivity index (χ0) is 30.2. The molecule has 0 spiro atoms. The minimum atomic E-state index is -4.06. The van der Waals surface area contributed by atoms with Crippen LogP contribution >= 0.6 is 11.6 Å². The van der Waals surface area contributed by atoms with Gasteiger partial charge in [-0.2, -0.15) is 12.7 Å². The molecule has 10 heteroatoms. The Bertz CT molecular complexity index is 1450. The van der Waals surface area contributed by atoms with Gasteiger partial charge in [0.15, 0.2) is 0 Å². The Kier molecular flexibility index (Phi) is 11.3. The van der Waals surface area contributed by atoms with Gasteiger partial charge >= 0.3 is 10.2 Å². The van der Waals surface area contributed by atoms with E-state index in [0.29, 0.717) is 22.8 Å². The average Bonchev–Trinajstić information content (AvgIpc) is 2.94. The van der Waals surface area contributed by atoms with E-state index in [2.05, 4.69) is 5.32 Å². The van der Waals surface area contributed by atoms with Crippen molar-refractivity contribution in [2.24, 2.45) is 0 Å². The second-order valence-electron chi connectivity index (χ2n) is 10.2. The predicted octanol–water partition coefficient (Wildman–Crippen LogP) is 4.74. The Morgan fingerprint density at radius 2 is 1.61 bits per heavy atom. The van der Waals surface area contributed by atoms with Crippen molar-refractivity contribution < 1.29 is 18.0 Å². The minimum Gasteiger partial charge on any atom is -0.354 e. The van der Waals surface area contributed by atoms with E-state index in [4.69, 9.17) is 11.6 Å². The first-order valence-electron chi connectivity index (χ1n) is 13.6. The smallest absolute Gasteiger partial charge is 0.304 e. The first-order valence-corrected chi connectivity index (χ1v) is 15.3. The molecular weight excluding hydrogens is 560 g/mol. The maximum absolute atomic E-state index is 14.3. The van der Waals surface area contributed by atoms with Crippen LogP contribution in [0.1, 0.15) is 35.6 Å². The summed E-state index contributed by atoms with van der Waals surface area (Å²) in [6, 6.07) is 21.1. The number of benzene rings is 3. The number of rotatable bonds is 13. The number of carbonyl (C=O) groups excluding carboxylic acids is 2. The molecule has 41 heavy (non-hydrogen) atoms. The molecule has 0 fully saturated rings. The molecule has 0 aliphatic carbocycles. The van der Waals surface area contributed by atoms with E-state index in [1.54, 1.807) is 31.2 Å². The lowest BCUT2D eigenvalue weighted by molar-refractivity contribution is -0.140. The molecular formula is C31H39ClN4O4S. The van der Waals surface area contributed by atoms with E-state index in [0.717, 1.165) is 31.7 Å². The van der Waals surface area contributed by atoms with Gasteiger partial charge in [-0.25, -0.2) is 4.31 Å². The Hall–Kier alpha value is -3.40. The quantitative estimate of drug-likeness (QED) is 0.308. The van der Waals surface area contributed by atoms with E-state index in [-0.39, 0.29) is 18.9 Å². The van der Waals surface area contributed by atoms with Crippen molar-refractivity contribution in [3.8, 4) is 0 Å². The third-order valence-corrected chi connectivity index (χ3v) is 8.76. The van der Waals surface area contributed by atoms with Crippen molar-refractivity contribution in [2.45, 2.75) is 46.2 Å². The summed E-state index contributed by atoms with van der Waals surface area (Å²) in [5.41, 5.74) is 3.57. The zero-order valence-corrected chi connectivity index (χ0v) is 25.9. The summed E-state index contributed by atoms with van der Waals surface area (Å²) in [5.74, 6) is -0.816. The molecule has 1 atom stereocenters. The Morgan fingerprint density at radius 1 is 0.927 bits per heavy atom. The summed E-state index contributed by atoms with van der Waals surface area (Å²) in [6.07, 6.45) is 0.986. The fourth-order valence-electron chi connectivity index (χ4n) is 4.44. The normalized spacial score (nSPS) is 12.2. The van der Waals surface area contributed by atoms with Crippen LogP contribution in [-0.4, -0.2) is 62.7 Å². The highest BCUT2D eigenvalue weighted by Gasteiger charge is 2.35. The van der Waals surface area contributed by atoms with Gasteiger partial charge in [0, 0.05) is 38.6 Å². The third-order valence-electron chi connectivity index (χ3n) is 6.71. The molecule has 0 unspecified atom stereocenters. The molecule has 0 heterocycles. The molecule has 0 aliphatic rings. The number of carbonyl (C=O) groups is 2. The van der Waals surface area contributed by atoms with Crippen LogP contribution in [0.2, 0.25) is 5.02 Å². The fourth-order valence-corrected chi connectivity index (χ4v) is 5.77. The van der Waals surface area contributed by atoms with Gasteiger partial charge in [-0.3, -0.25) is 9.59 Å². The zero-order valence-electron chi connectivity index (χ0n) is 24.3. The van der Waals surface area contributed by atoms with Crippen molar-refractivity contribution in [3.63, 3.8) is 0 Å². The number of hydrogen-bond donors (Lipinski definition) is 1. The van der Waals surface area contributed by atoms with Crippen LogP contribution in [0.5, 0.6) is 0 Å². The number of halogens is 1. The van der Waals surface area contributed by atoms with Gasteiger partial charge in [-0.05, 0) is 60.7 Å². The van der Waals surface area contributed by atoms with Crippen LogP contribution in [0.25, 0.3) is 0 Å². The average molecular weight is 599 g/mol. The van der Waals surface area contributed by atoms with E-state index >= 15 is 0 Å². The molecule has 0 saturated heterocycles. The molecule has 3 aromatic rings. The van der Waals surface area contributed by atoms with Crippen molar-refractivity contribution in [1.82, 2.24) is 14.5 Å². The molecule has 220 valence electrons. The highest BCUT2D eigenvalue weighted by molar-refractivity contribution is 7.90. The van der Waals surface area contributed by atoms with Crippen molar-refractivity contribution in [3.05, 3.63) is 100 Å². The van der Waals surface area contributed by atoms with E-state index in [1.165, 1.54) is 19.0 Å². The second kappa shape index (κ2) is 14.5. The molecule has 2 amide bonds. The second-order valence-corrected chi connectivity index (χ2v) is 12.7. The van der Waals surface area contributed by atoms with Gasteiger partial charge in [-0.1, -0.05) is 73.1 Å². The SMILES string of the molecule is CCCNC(=O)[C@H](Cc1ccccc1)N(Cc1cccc(Cl)c1)C(=O)CN(c1cc(C)ccc1C)S(=O)(=O)N(C)C. The maximum atomic E-state index is 14.3. The monoisotopic (exact) mass is 598 g/mol. The largest absolute Gasteiger partial charge is 0.354 e. The van der Waals surface area contributed by atoms with E-state index in [1.807, 2.05) is 62.4 Å². The predicted molar refractivity (Wildman–Crippen MR) is 165 cm³/mol. The van der Waals surface area contributed by atoms with Crippen molar-refractivity contribution in [1.29, 1.82) is 0 Å². The number of aryl methyl sites for hydroxylation is 2. The number of nitrogens with one attached hydrogen (secondary N) is 1. The summed E-state index contributed by atoms with van der Waals surface area (Å²) < 4.78 is 29.4. The molecule has 0 aliphatic heterocycles. The van der Waals surface area contributed by atoms with Gasteiger partial charge in [0.05, 0.1) is 5.69 Å². The molecule has 8 nitrogen and oxygen atoms in total. The van der Waals surface area contributed by atoms with Crippen LogP contribution in [-0.2, 0) is 32.8 Å². The maximum Gasteiger partial charge on any atom is 0.304 e. The lowest BCUT2D eigenvalue weighted by Crippen LogP contribution is -2.54. The van der Waals surface area contributed by atoms with Gasteiger partial charge in [-0.15, -0.1) is 0 Å². The summed E-state index contributed by atoms with van der Waals surface area (Å²) in [4.78, 5) is 29.3. The van der Waals surface area contributed by atoms with Crippen LogP contribution in [0.4, 0.5) is 5.69 Å². The summed E-state index contributed by atoms with van der Waals surface area (Å²) in [6.45, 7) is 5.65. The standard InChI is InChI=1S/C31H39ClN4O4S/c1-6-17-33-31(38)29(20-25-11-8-7-9-12-25)35(21-26-13-10-14-27(32)19-26)30(37)22-36(41(39,40)34(4)5)28-18-23(2)15-16-24(28)3/h7-16,18-19,29H,6,17,20-22H2,1-5H3,(H,33,38)/t29-/m0/s1. The van der Waals surface area contributed by atoms with Crippen LogP contribution < -0.4 is 9.62 Å². The highest BCUT2D eigenvalue weighted by atomic mass is 35.5. The van der Waals surface area contributed by atoms with Gasteiger partial charge in [0.2, 0.25) is 11.8 Å². The topological polar surface area (TPSA) is 90.0 Å².